The molecule has 1 unspecified atom stereocenters. The van der Waals surface area contributed by atoms with E-state index < -0.39 is 24.6 Å². The summed E-state index contributed by atoms with van der Waals surface area (Å²) in [5.74, 6) is -1.70. The number of rotatable bonds is 7. The van der Waals surface area contributed by atoms with E-state index in [0.29, 0.717) is 15.6 Å². The Morgan fingerprint density at radius 1 is 1.14 bits per heavy atom. The summed E-state index contributed by atoms with van der Waals surface area (Å²) in [7, 11) is 0. The number of halogens is 4. The topological polar surface area (TPSA) is 64.6 Å². The number of alkyl halides is 2. The van der Waals surface area contributed by atoms with Crippen molar-refractivity contribution >= 4 is 46.8 Å². The zero-order valence-electron chi connectivity index (χ0n) is 14.5. The molecule has 0 heterocycles. The van der Waals surface area contributed by atoms with Crippen LogP contribution < -0.4 is 10.1 Å². The summed E-state index contributed by atoms with van der Waals surface area (Å²) in [4.78, 5) is 24.1. The molecule has 2 rings (SSSR count). The number of ether oxygens (including phenoxy) is 2. The van der Waals surface area contributed by atoms with Crippen LogP contribution in [0.3, 0.4) is 0 Å². The average Bonchev–Trinajstić information content (AvgIpc) is 2.62. The lowest BCUT2D eigenvalue weighted by molar-refractivity contribution is -0.148. The summed E-state index contributed by atoms with van der Waals surface area (Å²) in [6, 6.07) is 10.4. The average molecular weight is 430 g/mol. The van der Waals surface area contributed by atoms with Crippen molar-refractivity contribution in [2.45, 2.75) is 19.6 Å². The Kier molecular flexibility index (Phi) is 7.78. The van der Waals surface area contributed by atoms with E-state index in [2.05, 4.69) is 10.1 Å². The second kappa shape index (κ2) is 10.1. The molecule has 0 bridgehead atoms. The molecule has 9 heteroatoms. The highest BCUT2D eigenvalue weighted by atomic mass is 35.5. The number of nitrogens with one attached hydrogen (secondary N) is 1. The summed E-state index contributed by atoms with van der Waals surface area (Å²) >= 11 is 11.8. The van der Waals surface area contributed by atoms with Crippen LogP contribution in [0.4, 0.5) is 14.5 Å². The molecule has 1 amide bonds. The SMILES string of the molecule is CC(OC(=O)/C=C/c1ccc(Cl)cc1Cl)C(=O)Nc1ccccc1OC(F)F. The molecule has 0 aliphatic rings. The number of hydrogen-bond donors (Lipinski definition) is 1. The van der Waals surface area contributed by atoms with Gasteiger partial charge in [0.15, 0.2) is 6.10 Å². The van der Waals surface area contributed by atoms with Crippen LogP contribution in [0.15, 0.2) is 48.5 Å². The summed E-state index contributed by atoms with van der Waals surface area (Å²) in [5, 5.41) is 3.17. The fourth-order valence-corrected chi connectivity index (χ4v) is 2.54. The molecule has 0 aromatic heterocycles. The lowest BCUT2D eigenvalue weighted by Gasteiger charge is -2.15. The van der Waals surface area contributed by atoms with Gasteiger partial charge in [0.05, 0.1) is 5.69 Å². The Hall–Kier alpha value is -2.64. The number of carbonyl (C=O) groups excluding carboxylic acids is 2. The third kappa shape index (κ3) is 6.51. The fraction of sp³-hybridized carbons (Fsp3) is 0.158. The van der Waals surface area contributed by atoms with E-state index in [1.807, 2.05) is 0 Å². The summed E-state index contributed by atoms with van der Waals surface area (Å²) in [5.41, 5.74) is 0.567. The van der Waals surface area contributed by atoms with Gasteiger partial charge in [0.25, 0.3) is 5.91 Å². The highest BCUT2D eigenvalue weighted by molar-refractivity contribution is 6.35. The molecule has 0 spiro atoms. The van der Waals surface area contributed by atoms with Crippen molar-refractivity contribution in [2.24, 2.45) is 0 Å². The quantitative estimate of drug-likeness (QED) is 0.486. The first-order valence-electron chi connectivity index (χ1n) is 7.94. The van der Waals surface area contributed by atoms with E-state index in [1.165, 1.54) is 43.3 Å². The van der Waals surface area contributed by atoms with Gasteiger partial charge in [-0.1, -0.05) is 41.4 Å². The smallest absolute Gasteiger partial charge is 0.387 e. The largest absolute Gasteiger partial charge is 0.449 e. The molecule has 0 radical (unpaired) electrons. The van der Waals surface area contributed by atoms with Gasteiger partial charge >= 0.3 is 12.6 Å². The summed E-state index contributed by atoms with van der Waals surface area (Å²) in [6.45, 7) is -1.70. The molecule has 0 saturated heterocycles. The maximum Gasteiger partial charge on any atom is 0.387 e. The van der Waals surface area contributed by atoms with Crippen LogP contribution >= 0.6 is 23.2 Å². The fourth-order valence-electron chi connectivity index (χ4n) is 2.06. The maximum atomic E-state index is 12.4. The molecular weight excluding hydrogens is 415 g/mol. The van der Waals surface area contributed by atoms with Gasteiger partial charge in [-0.25, -0.2) is 4.79 Å². The first-order valence-corrected chi connectivity index (χ1v) is 8.70. The van der Waals surface area contributed by atoms with Crippen molar-refractivity contribution in [3.8, 4) is 5.75 Å². The molecule has 2 aromatic carbocycles. The van der Waals surface area contributed by atoms with Crippen LogP contribution in [-0.4, -0.2) is 24.6 Å². The first kappa shape index (κ1) is 21.7. The predicted octanol–water partition coefficient (Wildman–Crippen LogP) is 5.18. The monoisotopic (exact) mass is 429 g/mol. The molecule has 0 aliphatic heterocycles. The predicted molar refractivity (Wildman–Crippen MR) is 103 cm³/mol. The lowest BCUT2D eigenvalue weighted by atomic mass is 10.2. The molecule has 1 N–H and O–H groups in total. The van der Waals surface area contributed by atoms with Crippen LogP contribution in [0.5, 0.6) is 5.75 Å². The van der Waals surface area contributed by atoms with Crippen molar-refractivity contribution in [1.82, 2.24) is 0 Å². The minimum atomic E-state index is -3.04. The number of carbonyl (C=O) groups is 2. The van der Waals surface area contributed by atoms with E-state index >= 15 is 0 Å². The molecule has 0 saturated carbocycles. The van der Waals surface area contributed by atoms with Crippen molar-refractivity contribution in [3.05, 3.63) is 64.1 Å². The molecule has 28 heavy (non-hydrogen) atoms. The van der Waals surface area contributed by atoms with Crippen LogP contribution in [0.2, 0.25) is 10.0 Å². The number of anilines is 1. The normalized spacial score (nSPS) is 12.1. The van der Waals surface area contributed by atoms with Crippen LogP contribution in [-0.2, 0) is 14.3 Å². The molecule has 0 aliphatic carbocycles. The lowest BCUT2D eigenvalue weighted by Crippen LogP contribution is -2.29. The number of benzene rings is 2. The second-order valence-electron chi connectivity index (χ2n) is 5.44. The van der Waals surface area contributed by atoms with Gasteiger partial charge < -0.3 is 14.8 Å². The Morgan fingerprint density at radius 3 is 2.54 bits per heavy atom. The van der Waals surface area contributed by atoms with Crippen LogP contribution in [0, 0.1) is 0 Å². The summed E-state index contributed by atoms with van der Waals surface area (Å²) in [6.07, 6.45) is 1.34. The van der Waals surface area contributed by atoms with Gasteiger partial charge in [0.2, 0.25) is 0 Å². The van der Waals surface area contributed by atoms with Gasteiger partial charge in [0.1, 0.15) is 5.75 Å². The second-order valence-corrected chi connectivity index (χ2v) is 6.29. The Morgan fingerprint density at radius 2 is 1.86 bits per heavy atom. The van der Waals surface area contributed by atoms with Crippen LogP contribution in [0.1, 0.15) is 12.5 Å². The molecule has 5 nitrogen and oxygen atoms in total. The maximum absolute atomic E-state index is 12.4. The van der Waals surface area contributed by atoms with Gasteiger partial charge in [-0.15, -0.1) is 0 Å². The van der Waals surface area contributed by atoms with E-state index in [9.17, 15) is 18.4 Å². The van der Waals surface area contributed by atoms with E-state index in [4.69, 9.17) is 27.9 Å². The van der Waals surface area contributed by atoms with Crippen molar-refractivity contribution in [1.29, 1.82) is 0 Å². The Balaban J connectivity index is 1.97. The van der Waals surface area contributed by atoms with Gasteiger partial charge in [-0.2, -0.15) is 8.78 Å². The highest BCUT2D eigenvalue weighted by Crippen LogP contribution is 2.26. The number of hydrogen-bond acceptors (Lipinski definition) is 4. The van der Waals surface area contributed by atoms with Crippen molar-refractivity contribution in [2.75, 3.05) is 5.32 Å². The van der Waals surface area contributed by atoms with Crippen LogP contribution in [0.25, 0.3) is 6.08 Å². The number of amides is 1. The molecule has 148 valence electrons. The molecule has 2 aromatic rings. The van der Waals surface area contributed by atoms with Gasteiger partial charge in [-0.05, 0) is 42.8 Å². The van der Waals surface area contributed by atoms with E-state index in [0.717, 1.165) is 6.08 Å². The third-order valence-corrected chi connectivity index (χ3v) is 3.95. The summed E-state index contributed by atoms with van der Waals surface area (Å²) < 4.78 is 34.2. The zero-order valence-corrected chi connectivity index (χ0v) is 16.0. The van der Waals surface area contributed by atoms with Gasteiger partial charge in [0, 0.05) is 16.1 Å². The Labute approximate surface area is 169 Å². The van der Waals surface area contributed by atoms with Crippen molar-refractivity contribution in [3.63, 3.8) is 0 Å². The minimum absolute atomic E-state index is 0.0270. The number of para-hydroxylation sites is 2. The minimum Gasteiger partial charge on any atom is -0.449 e. The Bertz CT molecular complexity index is 890. The van der Waals surface area contributed by atoms with Gasteiger partial charge in [-0.3, -0.25) is 4.79 Å². The van der Waals surface area contributed by atoms with E-state index in [-0.39, 0.29) is 11.4 Å². The molecule has 0 fully saturated rings. The van der Waals surface area contributed by atoms with Crippen molar-refractivity contribution < 1.29 is 27.8 Å². The molecular formula is C19H15Cl2F2NO4. The number of esters is 1. The highest BCUT2D eigenvalue weighted by Gasteiger charge is 2.19. The zero-order chi connectivity index (χ0) is 20.7. The molecule has 1 atom stereocenters. The standard InChI is InChI=1S/C19H15Cl2F2NO4/c1-11(18(26)24-15-4-2-3-5-16(15)28-19(22)23)27-17(25)9-7-12-6-8-13(20)10-14(12)21/h2-11,19H,1H3,(H,24,26)/b9-7+. The first-order chi connectivity index (χ1) is 13.3. The third-order valence-electron chi connectivity index (χ3n) is 3.38. The van der Waals surface area contributed by atoms with E-state index in [1.54, 1.807) is 12.1 Å².